The Labute approximate surface area is 204 Å². The number of halogens is 1. The lowest BCUT2D eigenvalue weighted by atomic mass is 10.1. The zero-order chi connectivity index (χ0) is 24.1. The number of nitrogens with zero attached hydrogens (tertiary/aromatic N) is 1. The van der Waals surface area contributed by atoms with Crippen LogP contribution < -0.4 is 20.9 Å². The third kappa shape index (κ3) is 5.87. The second-order valence-corrected chi connectivity index (χ2v) is 8.61. The molecule has 1 fully saturated rings. The number of aryl methyl sites for hydroxylation is 2. The molecule has 4 rings (SSSR count). The lowest BCUT2D eigenvalue weighted by Gasteiger charge is -2.30. The summed E-state index contributed by atoms with van der Waals surface area (Å²) in [5, 5.41) is 9.24. The Morgan fingerprint density at radius 2 is 1.62 bits per heavy atom. The topological polar surface area (TPSA) is 82.7 Å². The Balaban J connectivity index is 1.56. The third-order valence-electron chi connectivity index (χ3n) is 5.56. The van der Waals surface area contributed by atoms with Gasteiger partial charge in [0.1, 0.15) is 0 Å². The molecule has 1 aliphatic rings. The molecule has 1 heterocycles. The summed E-state index contributed by atoms with van der Waals surface area (Å²) >= 11 is 6.18. The Morgan fingerprint density at radius 1 is 0.882 bits per heavy atom. The van der Waals surface area contributed by atoms with Gasteiger partial charge >= 0.3 is 6.03 Å². The number of hydrogen-bond acceptors (Lipinski definition) is 4. The van der Waals surface area contributed by atoms with Crippen molar-refractivity contribution >= 4 is 46.3 Å². The summed E-state index contributed by atoms with van der Waals surface area (Å²) in [6.45, 7) is 6.48. The SMILES string of the molecule is Cc1cccc(C(=O)Nc2ccc(N3CCOCC3)c(NC(=O)Nc3ccc(C)c(Cl)c3)c2)c1. The molecule has 3 amide bonds. The van der Waals surface area contributed by atoms with E-state index in [2.05, 4.69) is 20.9 Å². The Hall–Kier alpha value is -3.55. The molecule has 7 nitrogen and oxygen atoms in total. The minimum Gasteiger partial charge on any atom is -0.378 e. The number of carbonyl (C=O) groups excluding carboxylic acids is 2. The van der Waals surface area contributed by atoms with Gasteiger partial charge in [0, 0.05) is 35.1 Å². The van der Waals surface area contributed by atoms with E-state index in [1.165, 1.54) is 0 Å². The molecule has 1 aliphatic heterocycles. The molecule has 0 aliphatic carbocycles. The molecule has 0 aromatic heterocycles. The number of nitrogens with one attached hydrogen (secondary N) is 3. The normalized spacial score (nSPS) is 13.3. The fraction of sp³-hybridized carbons (Fsp3) is 0.231. The first-order valence-electron chi connectivity index (χ1n) is 11.1. The number of carbonyl (C=O) groups is 2. The van der Waals surface area contributed by atoms with Gasteiger partial charge in [-0.15, -0.1) is 0 Å². The summed E-state index contributed by atoms with van der Waals surface area (Å²) in [5.74, 6) is -0.215. The smallest absolute Gasteiger partial charge is 0.323 e. The van der Waals surface area contributed by atoms with E-state index >= 15 is 0 Å². The van der Waals surface area contributed by atoms with Gasteiger partial charge in [-0.2, -0.15) is 0 Å². The number of anilines is 4. The zero-order valence-corrected chi connectivity index (χ0v) is 19.9. The largest absolute Gasteiger partial charge is 0.378 e. The van der Waals surface area contributed by atoms with E-state index in [0.29, 0.717) is 54.0 Å². The molecular formula is C26H27ClN4O3. The predicted molar refractivity (Wildman–Crippen MR) is 137 cm³/mol. The van der Waals surface area contributed by atoms with Crippen LogP contribution in [0.1, 0.15) is 21.5 Å². The van der Waals surface area contributed by atoms with Gasteiger partial charge in [0.25, 0.3) is 5.91 Å². The molecule has 8 heteroatoms. The standard InChI is InChI=1S/C26H27ClN4O3/c1-17-4-3-5-19(14-17)25(32)28-21-8-9-24(31-10-12-34-13-11-31)23(16-21)30-26(33)29-20-7-6-18(2)22(27)15-20/h3-9,14-16H,10-13H2,1-2H3,(H,28,32)(H2,29,30,33). The average Bonchev–Trinajstić information content (AvgIpc) is 2.82. The second kappa shape index (κ2) is 10.6. The molecule has 0 spiro atoms. The van der Waals surface area contributed by atoms with Crippen LogP contribution >= 0.6 is 11.6 Å². The Morgan fingerprint density at radius 3 is 2.35 bits per heavy atom. The van der Waals surface area contributed by atoms with Crippen LogP contribution in [0.5, 0.6) is 0 Å². The van der Waals surface area contributed by atoms with E-state index in [9.17, 15) is 9.59 Å². The van der Waals surface area contributed by atoms with Crippen molar-refractivity contribution in [2.24, 2.45) is 0 Å². The van der Waals surface area contributed by atoms with Gasteiger partial charge in [-0.05, 0) is 61.9 Å². The first kappa shape index (κ1) is 23.6. The molecule has 0 unspecified atom stereocenters. The van der Waals surface area contributed by atoms with Crippen molar-refractivity contribution < 1.29 is 14.3 Å². The molecule has 0 saturated carbocycles. The predicted octanol–water partition coefficient (Wildman–Crippen LogP) is 5.69. The molecule has 176 valence electrons. The van der Waals surface area contributed by atoms with Crippen molar-refractivity contribution in [2.75, 3.05) is 47.2 Å². The minimum atomic E-state index is -0.406. The monoisotopic (exact) mass is 478 g/mol. The van der Waals surface area contributed by atoms with Crippen LogP contribution in [0.2, 0.25) is 5.02 Å². The highest BCUT2D eigenvalue weighted by molar-refractivity contribution is 6.31. The van der Waals surface area contributed by atoms with Gasteiger partial charge < -0.3 is 25.6 Å². The van der Waals surface area contributed by atoms with Crippen LogP contribution in [-0.2, 0) is 4.74 Å². The second-order valence-electron chi connectivity index (χ2n) is 8.20. The maximum Gasteiger partial charge on any atom is 0.323 e. The Bertz CT molecular complexity index is 1210. The quantitative estimate of drug-likeness (QED) is 0.440. The van der Waals surface area contributed by atoms with E-state index < -0.39 is 6.03 Å². The van der Waals surface area contributed by atoms with E-state index in [1.54, 1.807) is 24.3 Å². The molecule has 3 aromatic rings. The number of urea groups is 1. The molecule has 34 heavy (non-hydrogen) atoms. The number of morpholine rings is 1. The van der Waals surface area contributed by atoms with Crippen molar-refractivity contribution in [3.63, 3.8) is 0 Å². The highest BCUT2D eigenvalue weighted by atomic mass is 35.5. The highest BCUT2D eigenvalue weighted by Gasteiger charge is 2.18. The molecule has 3 N–H and O–H groups in total. The van der Waals surface area contributed by atoms with Crippen molar-refractivity contribution in [3.05, 3.63) is 82.4 Å². The fourth-order valence-corrected chi connectivity index (χ4v) is 3.92. The first-order chi connectivity index (χ1) is 16.4. The summed E-state index contributed by atoms with van der Waals surface area (Å²) < 4.78 is 5.47. The van der Waals surface area contributed by atoms with E-state index in [0.717, 1.165) is 16.8 Å². The molecule has 1 saturated heterocycles. The van der Waals surface area contributed by atoms with Crippen LogP contribution in [0.15, 0.2) is 60.7 Å². The lowest BCUT2D eigenvalue weighted by molar-refractivity contribution is 0.102. The van der Waals surface area contributed by atoms with Gasteiger partial charge in [0.2, 0.25) is 0 Å². The lowest BCUT2D eigenvalue weighted by Crippen LogP contribution is -2.37. The highest BCUT2D eigenvalue weighted by Crippen LogP contribution is 2.31. The van der Waals surface area contributed by atoms with Crippen LogP contribution in [0.3, 0.4) is 0 Å². The minimum absolute atomic E-state index is 0.215. The van der Waals surface area contributed by atoms with Gasteiger partial charge in [0.05, 0.1) is 24.6 Å². The summed E-state index contributed by atoms with van der Waals surface area (Å²) in [6, 6.07) is 17.8. The van der Waals surface area contributed by atoms with Gasteiger partial charge in [-0.25, -0.2) is 4.79 Å². The first-order valence-corrected chi connectivity index (χ1v) is 11.5. The zero-order valence-electron chi connectivity index (χ0n) is 19.2. The van der Waals surface area contributed by atoms with E-state index in [4.69, 9.17) is 16.3 Å². The summed E-state index contributed by atoms with van der Waals surface area (Å²) in [7, 11) is 0. The number of benzene rings is 3. The molecule has 0 bridgehead atoms. The van der Waals surface area contributed by atoms with Crippen molar-refractivity contribution in [3.8, 4) is 0 Å². The van der Waals surface area contributed by atoms with Gasteiger partial charge in [-0.3, -0.25) is 4.79 Å². The maximum absolute atomic E-state index is 12.8. The number of hydrogen-bond donors (Lipinski definition) is 3. The van der Waals surface area contributed by atoms with E-state index in [1.807, 2.05) is 50.2 Å². The van der Waals surface area contributed by atoms with Crippen molar-refractivity contribution in [1.82, 2.24) is 0 Å². The summed E-state index contributed by atoms with van der Waals surface area (Å²) in [6.07, 6.45) is 0. The summed E-state index contributed by atoms with van der Waals surface area (Å²) in [4.78, 5) is 27.7. The van der Waals surface area contributed by atoms with Crippen molar-refractivity contribution in [2.45, 2.75) is 13.8 Å². The van der Waals surface area contributed by atoms with Crippen LogP contribution in [0.25, 0.3) is 0 Å². The molecule has 3 aromatic carbocycles. The third-order valence-corrected chi connectivity index (χ3v) is 5.97. The van der Waals surface area contributed by atoms with Crippen molar-refractivity contribution in [1.29, 1.82) is 0 Å². The van der Waals surface area contributed by atoms with Crippen LogP contribution in [0.4, 0.5) is 27.5 Å². The van der Waals surface area contributed by atoms with Gasteiger partial charge in [-0.1, -0.05) is 35.4 Å². The van der Waals surface area contributed by atoms with E-state index in [-0.39, 0.29) is 5.91 Å². The number of ether oxygens (including phenoxy) is 1. The maximum atomic E-state index is 12.8. The average molecular weight is 479 g/mol. The molecule has 0 atom stereocenters. The molecular weight excluding hydrogens is 452 g/mol. The van der Waals surface area contributed by atoms with Crippen LogP contribution in [-0.4, -0.2) is 38.2 Å². The fourth-order valence-electron chi connectivity index (χ4n) is 3.74. The summed E-state index contributed by atoms with van der Waals surface area (Å²) in [5.41, 5.74) is 5.11. The number of amides is 3. The molecule has 0 radical (unpaired) electrons. The van der Waals surface area contributed by atoms with Crippen LogP contribution in [0, 0.1) is 13.8 Å². The Kier molecular flexibility index (Phi) is 7.35. The number of rotatable bonds is 5. The van der Waals surface area contributed by atoms with Gasteiger partial charge in [0.15, 0.2) is 0 Å².